The van der Waals surface area contributed by atoms with Crippen molar-refractivity contribution in [2.75, 3.05) is 38.0 Å². The lowest BCUT2D eigenvalue weighted by Gasteiger charge is -2.33. The van der Waals surface area contributed by atoms with E-state index in [0.29, 0.717) is 11.5 Å². The molecule has 0 aliphatic carbocycles. The van der Waals surface area contributed by atoms with Crippen LogP contribution in [0.1, 0.15) is 28.5 Å². The van der Waals surface area contributed by atoms with Gasteiger partial charge in [-0.1, -0.05) is 24.6 Å². The summed E-state index contributed by atoms with van der Waals surface area (Å²) in [6, 6.07) is 7.92. The second-order valence-corrected chi connectivity index (χ2v) is 6.46. The molecule has 1 aromatic heterocycles. The molecule has 3 rings (SSSR count). The smallest absolute Gasteiger partial charge is 0.272 e. The Bertz CT molecular complexity index is 753. The summed E-state index contributed by atoms with van der Waals surface area (Å²) in [4.78, 5) is 25.3. The molecule has 1 amide bonds. The number of piperazine rings is 1. The van der Waals surface area contributed by atoms with Crippen LogP contribution in [0.3, 0.4) is 0 Å². The zero-order valence-electron chi connectivity index (χ0n) is 15.1. The van der Waals surface area contributed by atoms with Crippen LogP contribution in [-0.2, 0) is 0 Å². The summed E-state index contributed by atoms with van der Waals surface area (Å²) in [6.07, 6.45) is 1.45. The Hall–Kier alpha value is -2.47. The summed E-state index contributed by atoms with van der Waals surface area (Å²) in [5.74, 6) is 0.610. The number of amides is 1. The van der Waals surface area contributed by atoms with Crippen LogP contribution in [0, 0.1) is 13.8 Å². The van der Waals surface area contributed by atoms with E-state index in [2.05, 4.69) is 53.1 Å². The molecule has 0 atom stereocenters. The molecular formula is C19H25N5O. The summed E-state index contributed by atoms with van der Waals surface area (Å²) in [6.45, 7) is 10.6. The highest BCUT2D eigenvalue weighted by molar-refractivity contribution is 5.93. The van der Waals surface area contributed by atoms with Crippen molar-refractivity contribution >= 4 is 17.4 Å². The Morgan fingerprint density at radius 2 is 1.88 bits per heavy atom. The number of nitrogens with zero attached hydrogens (tertiary/aromatic N) is 4. The van der Waals surface area contributed by atoms with Crippen molar-refractivity contribution in [1.82, 2.24) is 19.8 Å². The molecule has 0 bridgehead atoms. The van der Waals surface area contributed by atoms with Crippen LogP contribution in [0.5, 0.6) is 0 Å². The number of carbonyl (C=O) groups is 1. The number of benzene rings is 1. The largest absolute Gasteiger partial charge is 0.340 e. The van der Waals surface area contributed by atoms with E-state index < -0.39 is 0 Å². The Kier molecular flexibility index (Phi) is 5.28. The second kappa shape index (κ2) is 7.61. The molecule has 132 valence electrons. The van der Waals surface area contributed by atoms with Crippen LogP contribution in [-0.4, -0.2) is 58.4 Å². The number of hydrogen-bond acceptors (Lipinski definition) is 5. The van der Waals surface area contributed by atoms with Crippen LogP contribution in [0.25, 0.3) is 0 Å². The molecule has 2 heterocycles. The molecule has 1 aliphatic rings. The van der Waals surface area contributed by atoms with Gasteiger partial charge < -0.3 is 15.1 Å². The van der Waals surface area contributed by atoms with Crippen molar-refractivity contribution < 1.29 is 4.79 Å². The maximum absolute atomic E-state index is 12.7. The summed E-state index contributed by atoms with van der Waals surface area (Å²) >= 11 is 0. The monoisotopic (exact) mass is 339 g/mol. The third-order valence-corrected chi connectivity index (χ3v) is 4.64. The fraction of sp³-hybridized carbons (Fsp3) is 0.421. The molecule has 6 heteroatoms. The molecule has 2 aromatic rings. The lowest BCUT2D eigenvalue weighted by molar-refractivity contribution is 0.0637. The van der Waals surface area contributed by atoms with E-state index in [1.165, 1.54) is 11.9 Å². The van der Waals surface area contributed by atoms with Gasteiger partial charge in [0.2, 0.25) is 0 Å². The topological polar surface area (TPSA) is 61.4 Å². The van der Waals surface area contributed by atoms with Crippen LogP contribution in [0.15, 0.2) is 30.6 Å². The zero-order chi connectivity index (χ0) is 17.8. The lowest BCUT2D eigenvalue weighted by Crippen LogP contribution is -2.48. The lowest BCUT2D eigenvalue weighted by atomic mass is 10.1. The molecule has 1 saturated heterocycles. The minimum absolute atomic E-state index is 0.0261. The first-order chi connectivity index (χ1) is 12.1. The number of anilines is 2. The van der Waals surface area contributed by atoms with E-state index in [9.17, 15) is 4.79 Å². The van der Waals surface area contributed by atoms with Crippen molar-refractivity contribution in [3.8, 4) is 0 Å². The van der Waals surface area contributed by atoms with E-state index in [0.717, 1.165) is 44.0 Å². The summed E-state index contributed by atoms with van der Waals surface area (Å²) in [5.41, 5.74) is 3.78. The molecule has 0 radical (unpaired) electrons. The van der Waals surface area contributed by atoms with Crippen LogP contribution >= 0.6 is 0 Å². The Morgan fingerprint density at radius 3 is 2.56 bits per heavy atom. The van der Waals surface area contributed by atoms with Crippen molar-refractivity contribution in [2.24, 2.45) is 0 Å². The number of nitrogens with one attached hydrogen (secondary N) is 1. The fourth-order valence-electron chi connectivity index (χ4n) is 3.06. The molecule has 25 heavy (non-hydrogen) atoms. The van der Waals surface area contributed by atoms with Crippen LogP contribution < -0.4 is 5.32 Å². The predicted molar refractivity (Wildman–Crippen MR) is 99.2 cm³/mol. The van der Waals surface area contributed by atoms with E-state index >= 15 is 0 Å². The van der Waals surface area contributed by atoms with Gasteiger partial charge in [-0.2, -0.15) is 0 Å². The maximum Gasteiger partial charge on any atom is 0.272 e. The number of aromatic nitrogens is 2. The molecule has 6 nitrogen and oxygen atoms in total. The SMILES string of the molecule is CCN1CCN(C(=O)c2cc(Nc3ccc(C)cc3C)ncn2)CC1. The van der Waals surface area contributed by atoms with Gasteiger partial charge in [-0.05, 0) is 32.0 Å². The molecule has 1 fully saturated rings. The summed E-state index contributed by atoms with van der Waals surface area (Å²) in [5, 5.41) is 3.28. The van der Waals surface area contributed by atoms with Gasteiger partial charge in [0.05, 0.1) is 0 Å². The van der Waals surface area contributed by atoms with Crippen LogP contribution in [0.2, 0.25) is 0 Å². The number of rotatable bonds is 4. The third-order valence-electron chi connectivity index (χ3n) is 4.64. The summed E-state index contributed by atoms with van der Waals surface area (Å²) < 4.78 is 0. The van der Waals surface area contributed by atoms with Crippen molar-refractivity contribution in [3.05, 3.63) is 47.4 Å². The molecule has 0 spiro atoms. The summed E-state index contributed by atoms with van der Waals surface area (Å²) in [7, 11) is 0. The van der Waals surface area contributed by atoms with Gasteiger partial charge >= 0.3 is 0 Å². The van der Waals surface area contributed by atoms with Crippen molar-refractivity contribution in [3.63, 3.8) is 0 Å². The van der Waals surface area contributed by atoms with Gasteiger partial charge in [0.15, 0.2) is 0 Å². The molecular weight excluding hydrogens is 314 g/mol. The average Bonchev–Trinajstić information content (AvgIpc) is 2.64. The Morgan fingerprint density at radius 1 is 1.12 bits per heavy atom. The van der Waals surface area contributed by atoms with Crippen LogP contribution in [0.4, 0.5) is 11.5 Å². The first-order valence-corrected chi connectivity index (χ1v) is 8.74. The van der Waals surface area contributed by atoms with E-state index in [-0.39, 0.29) is 5.91 Å². The molecule has 1 aliphatic heterocycles. The number of carbonyl (C=O) groups excluding carboxylic acids is 1. The molecule has 0 saturated carbocycles. The highest BCUT2D eigenvalue weighted by Gasteiger charge is 2.22. The zero-order valence-corrected chi connectivity index (χ0v) is 15.1. The number of hydrogen-bond donors (Lipinski definition) is 1. The molecule has 0 unspecified atom stereocenters. The van der Waals surface area contributed by atoms with Gasteiger partial charge in [-0.25, -0.2) is 9.97 Å². The fourth-order valence-corrected chi connectivity index (χ4v) is 3.06. The van der Waals surface area contributed by atoms with Crippen molar-refractivity contribution in [1.29, 1.82) is 0 Å². The highest BCUT2D eigenvalue weighted by Crippen LogP contribution is 2.20. The minimum Gasteiger partial charge on any atom is -0.340 e. The number of likely N-dealkylation sites (N-methyl/N-ethyl adjacent to an activating group) is 1. The number of aryl methyl sites for hydroxylation is 2. The maximum atomic E-state index is 12.7. The average molecular weight is 339 g/mol. The first-order valence-electron chi connectivity index (χ1n) is 8.74. The normalized spacial score (nSPS) is 15.2. The molecule has 1 N–H and O–H groups in total. The van der Waals surface area contributed by atoms with Gasteiger partial charge in [0.1, 0.15) is 17.8 Å². The van der Waals surface area contributed by atoms with Crippen molar-refractivity contribution in [2.45, 2.75) is 20.8 Å². The molecule has 1 aromatic carbocycles. The van der Waals surface area contributed by atoms with E-state index in [1.807, 2.05) is 11.0 Å². The van der Waals surface area contributed by atoms with Gasteiger partial charge in [0, 0.05) is 37.9 Å². The van der Waals surface area contributed by atoms with E-state index in [4.69, 9.17) is 0 Å². The highest BCUT2D eigenvalue weighted by atomic mass is 16.2. The Labute approximate surface area is 148 Å². The van der Waals surface area contributed by atoms with Gasteiger partial charge in [-0.3, -0.25) is 4.79 Å². The van der Waals surface area contributed by atoms with Gasteiger partial charge in [0.25, 0.3) is 5.91 Å². The third kappa shape index (κ3) is 4.14. The first kappa shape index (κ1) is 17.4. The second-order valence-electron chi connectivity index (χ2n) is 6.46. The minimum atomic E-state index is -0.0261. The van der Waals surface area contributed by atoms with Gasteiger partial charge in [-0.15, -0.1) is 0 Å². The van der Waals surface area contributed by atoms with E-state index in [1.54, 1.807) is 6.07 Å². The predicted octanol–water partition coefficient (Wildman–Crippen LogP) is 2.61. The Balaban J connectivity index is 1.72. The quantitative estimate of drug-likeness (QED) is 0.928. The standard InChI is InChI=1S/C19H25N5O/c1-4-23-7-9-24(10-8-23)19(25)17-12-18(21-13-20-17)22-16-6-5-14(2)11-15(16)3/h5-6,11-13H,4,7-10H2,1-3H3,(H,20,21,22).